The molecule has 2 nitrogen and oxygen atoms in total. The Morgan fingerprint density at radius 2 is 2.46 bits per heavy atom. The van der Waals surface area contributed by atoms with Crippen LogP contribution in [0.15, 0.2) is 17.5 Å². The molecule has 0 fully saturated rings. The van der Waals surface area contributed by atoms with Crippen LogP contribution in [0.1, 0.15) is 30.6 Å². The Morgan fingerprint density at radius 1 is 1.77 bits per heavy atom. The number of aryl methyl sites for hydroxylation is 1. The quantitative estimate of drug-likeness (QED) is 0.749. The maximum absolute atomic E-state index is 4.41. The van der Waals surface area contributed by atoms with Gasteiger partial charge in [0.2, 0.25) is 0 Å². The third-order valence-electron chi connectivity index (χ3n) is 1.72. The Kier molecular flexibility index (Phi) is 3.63. The highest BCUT2D eigenvalue weighted by molar-refractivity contribution is 7.09. The van der Waals surface area contributed by atoms with Crippen molar-refractivity contribution in [2.24, 2.45) is 0 Å². The maximum Gasteiger partial charge on any atom is 0.110 e. The van der Waals surface area contributed by atoms with E-state index in [0.717, 1.165) is 22.8 Å². The van der Waals surface area contributed by atoms with Gasteiger partial charge in [-0.1, -0.05) is 12.2 Å². The smallest absolute Gasteiger partial charge is 0.110 e. The van der Waals surface area contributed by atoms with Crippen molar-refractivity contribution in [2.75, 3.05) is 6.54 Å². The van der Waals surface area contributed by atoms with Crippen LogP contribution >= 0.6 is 11.3 Å². The standard InChI is InChI=1S/C10H16N2S/c1-7(2)5-11-9(4)10-12-8(3)6-13-10/h6,9,11H,1,5H2,2-4H3. The molecule has 1 aromatic rings. The maximum atomic E-state index is 4.41. The van der Waals surface area contributed by atoms with Crippen LogP contribution in [0.25, 0.3) is 0 Å². The van der Waals surface area contributed by atoms with Crippen LogP contribution in [0.4, 0.5) is 0 Å². The second kappa shape index (κ2) is 4.53. The predicted octanol–water partition coefficient (Wildman–Crippen LogP) is 2.68. The van der Waals surface area contributed by atoms with Crippen LogP contribution in [0.5, 0.6) is 0 Å². The van der Waals surface area contributed by atoms with Gasteiger partial charge in [-0.25, -0.2) is 4.98 Å². The number of aromatic nitrogens is 1. The van der Waals surface area contributed by atoms with Gasteiger partial charge in [-0.05, 0) is 20.8 Å². The molecule has 0 aliphatic rings. The lowest BCUT2D eigenvalue weighted by atomic mass is 10.3. The molecule has 1 heterocycles. The first kappa shape index (κ1) is 10.4. The topological polar surface area (TPSA) is 24.9 Å². The molecule has 0 saturated heterocycles. The summed E-state index contributed by atoms with van der Waals surface area (Å²) in [4.78, 5) is 4.41. The van der Waals surface area contributed by atoms with Crippen molar-refractivity contribution in [3.63, 3.8) is 0 Å². The minimum absolute atomic E-state index is 0.329. The lowest BCUT2D eigenvalue weighted by Gasteiger charge is -2.10. The van der Waals surface area contributed by atoms with E-state index in [-0.39, 0.29) is 0 Å². The van der Waals surface area contributed by atoms with Crippen molar-refractivity contribution < 1.29 is 0 Å². The van der Waals surface area contributed by atoms with Crippen LogP contribution in [0.3, 0.4) is 0 Å². The molecule has 72 valence electrons. The van der Waals surface area contributed by atoms with Crippen molar-refractivity contribution in [2.45, 2.75) is 26.8 Å². The SMILES string of the molecule is C=C(C)CNC(C)c1nc(C)cs1. The molecular weight excluding hydrogens is 180 g/mol. The minimum atomic E-state index is 0.329. The van der Waals surface area contributed by atoms with Gasteiger partial charge in [-0.3, -0.25) is 0 Å². The number of rotatable bonds is 4. The fourth-order valence-corrected chi connectivity index (χ4v) is 1.81. The number of nitrogens with one attached hydrogen (secondary N) is 1. The van der Waals surface area contributed by atoms with Gasteiger partial charge in [-0.2, -0.15) is 0 Å². The molecule has 3 heteroatoms. The zero-order valence-corrected chi connectivity index (χ0v) is 9.24. The molecule has 13 heavy (non-hydrogen) atoms. The molecular formula is C10H16N2S. The van der Waals surface area contributed by atoms with Gasteiger partial charge in [0.05, 0.1) is 6.04 Å². The number of nitrogens with zero attached hydrogens (tertiary/aromatic N) is 1. The second-order valence-electron chi connectivity index (χ2n) is 3.39. The molecule has 0 amide bonds. The first-order valence-corrected chi connectivity index (χ1v) is 5.27. The van der Waals surface area contributed by atoms with Crippen molar-refractivity contribution >= 4 is 11.3 Å². The van der Waals surface area contributed by atoms with Crippen LogP contribution in [0, 0.1) is 6.92 Å². The van der Waals surface area contributed by atoms with Gasteiger partial charge in [0.15, 0.2) is 0 Å². The molecule has 1 atom stereocenters. The van der Waals surface area contributed by atoms with E-state index >= 15 is 0 Å². The third-order valence-corrected chi connectivity index (χ3v) is 2.86. The first-order valence-electron chi connectivity index (χ1n) is 4.39. The highest BCUT2D eigenvalue weighted by Crippen LogP contribution is 2.17. The van der Waals surface area contributed by atoms with Gasteiger partial charge in [0, 0.05) is 17.6 Å². The lowest BCUT2D eigenvalue weighted by molar-refractivity contribution is 0.603. The molecule has 1 rings (SSSR count). The van der Waals surface area contributed by atoms with Gasteiger partial charge < -0.3 is 5.32 Å². The van der Waals surface area contributed by atoms with E-state index in [1.165, 1.54) is 0 Å². The summed E-state index contributed by atoms with van der Waals surface area (Å²) in [6, 6.07) is 0.329. The third kappa shape index (κ3) is 3.28. The zero-order chi connectivity index (χ0) is 9.84. The average molecular weight is 196 g/mol. The fourth-order valence-electron chi connectivity index (χ4n) is 0.986. The van der Waals surface area contributed by atoms with E-state index < -0.39 is 0 Å². The number of thiazole rings is 1. The Balaban J connectivity index is 2.48. The summed E-state index contributed by atoms with van der Waals surface area (Å²) in [7, 11) is 0. The van der Waals surface area contributed by atoms with Crippen molar-refractivity contribution in [1.29, 1.82) is 0 Å². The van der Waals surface area contributed by atoms with Gasteiger partial charge >= 0.3 is 0 Å². The van der Waals surface area contributed by atoms with Gasteiger partial charge in [0.25, 0.3) is 0 Å². The highest BCUT2D eigenvalue weighted by Gasteiger charge is 2.07. The Morgan fingerprint density at radius 3 is 2.92 bits per heavy atom. The minimum Gasteiger partial charge on any atom is -0.304 e. The van der Waals surface area contributed by atoms with E-state index in [2.05, 4.69) is 29.2 Å². The summed E-state index contributed by atoms with van der Waals surface area (Å²) in [6.07, 6.45) is 0. The Bertz CT molecular complexity index is 291. The summed E-state index contributed by atoms with van der Waals surface area (Å²) in [5, 5.41) is 6.59. The van der Waals surface area contributed by atoms with Gasteiger partial charge in [-0.15, -0.1) is 11.3 Å². The zero-order valence-electron chi connectivity index (χ0n) is 8.42. The summed E-state index contributed by atoms with van der Waals surface area (Å²) in [6.45, 7) is 10.9. The average Bonchev–Trinajstić information content (AvgIpc) is 2.47. The summed E-state index contributed by atoms with van der Waals surface area (Å²) < 4.78 is 0. The summed E-state index contributed by atoms with van der Waals surface area (Å²) in [5.74, 6) is 0. The summed E-state index contributed by atoms with van der Waals surface area (Å²) >= 11 is 1.71. The molecule has 0 aromatic carbocycles. The fraction of sp³-hybridized carbons (Fsp3) is 0.500. The monoisotopic (exact) mass is 196 g/mol. The molecule has 0 bridgehead atoms. The molecule has 0 spiro atoms. The van der Waals surface area contributed by atoms with Crippen LogP contribution in [-0.2, 0) is 0 Å². The van der Waals surface area contributed by atoms with Crippen LogP contribution < -0.4 is 5.32 Å². The van der Waals surface area contributed by atoms with Crippen LogP contribution in [-0.4, -0.2) is 11.5 Å². The van der Waals surface area contributed by atoms with E-state index in [1.807, 2.05) is 13.8 Å². The van der Waals surface area contributed by atoms with E-state index in [4.69, 9.17) is 0 Å². The van der Waals surface area contributed by atoms with Crippen molar-refractivity contribution in [3.8, 4) is 0 Å². The van der Waals surface area contributed by atoms with Gasteiger partial charge in [0.1, 0.15) is 5.01 Å². The molecule has 0 saturated carbocycles. The first-order chi connectivity index (χ1) is 6.09. The normalized spacial score (nSPS) is 12.8. The lowest BCUT2D eigenvalue weighted by Crippen LogP contribution is -2.20. The number of hydrogen-bond donors (Lipinski definition) is 1. The molecule has 1 aromatic heterocycles. The van der Waals surface area contributed by atoms with Crippen LogP contribution in [0.2, 0.25) is 0 Å². The second-order valence-corrected chi connectivity index (χ2v) is 4.28. The summed E-state index contributed by atoms with van der Waals surface area (Å²) in [5.41, 5.74) is 2.25. The molecule has 1 unspecified atom stereocenters. The van der Waals surface area contributed by atoms with Crippen molar-refractivity contribution in [3.05, 3.63) is 28.2 Å². The largest absolute Gasteiger partial charge is 0.304 e. The Hall–Kier alpha value is -0.670. The Labute approximate surface area is 83.7 Å². The highest BCUT2D eigenvalue weighted by atomic mass is 32.1. The van der Waals surface area contributed by atoms with E-state index in [1.54, 1.807) is 11.3 Å². The predicted molar refractivity (Wildman–Crippen MR) is 58.1 cm³/mol. The molecule has 1 N–H and O–H groups in total. The van der Waals surface area contributed by atoms with Crippen molar-refractivity contribution in [1.82, 2.24) is 10.3 Å². The molecule has 0 radical (unpaired) electrons. The van der Waals surface area contributed by atoms with E-state index in [0.29, 0.717) is 6.04 Å². The number of hydrogen-bond acceptors (Lipinski definition) is 3. The molecule has 0 aliphatic carbocycles. The van der Waals surface area contributed by atoms with E-state index in [9.17, 15) is 0 Å². The molecule has 0 aliphatic heterocycles.